The highest BCUT2D eigenvalue weighted by Crippen LogP contribution is 2.33. The van der Waals surface area contributed by atoms with Crippen LogP contribution in [0.15, 0.2) is 40.7 Å². The summed E-state index contributed by atoms with van der Waals surface area (Å²) in [6.45, 7) is 5.09. The number of nitrogens with zero attached hydrogens (tertiary/aromatic N) is 2. The zero-order valence-corrected chi connectivity index (χ0v) is 17.4. The lowest BCUT2D eigenvalue weighted by Gasteiger charge is -2.23. The number of thiophene rings is 1. The maximum absolute atomic E-state index is 5.42. The van der Waals surface area contributed by atoms with E-state index in [1.807, 2.05) is 24.5 Å². The summed E-state index contributed by atoms with van der Waals surface area (Å²) in [5.74, 6) is 3.59. The van der Waals surface area contributed by atoms with Gasteiger partial charge in [0.2, 0.25) is 0 Å². The van der Waals surface area contributed by atoms with Gasteiger partial charge in [0.1, 0.15) is 11.5 Å². The topological polar surface area (TPSA) is 46.1 Å². The fourth-order valence-electron chi connectivity index (χ4n) is 3.54. The molecule has 0 amide bonds. The first-order chi connectivity index (χ1) is 13.1. The number of benzene rings is 1. The lowest BCUT2D eigenvalue weighted by atomic mass is 9.98. The largest absolute Gasteiger partial charge is 0.497 e. The summed E-state index contributed by atoms with van der Waals surface area (Å²) in [5.41, 5.74) is 1.26. The molecule has 0 spiro atoms. The van der Waals surface area contributed by atoms with E-state index in [2.05, 4.69) is 51.8 Å². The summed E-state index contributed by atoms with van der Waals surface area (Å²) < 4.78 is 10.8. The van der Waals surface area contributed by atoms with E-state index in [0.717, 1.165) is 43.5 Å². The van der Waals surface area contributed by atoms with Crippen LogP contribution in [0, 0.1) is 0 Å². The molecule has 1 saturated heterocycles. The van der Waals surface area contributed by atoms with Crippen molar-refractivity contribution in [1.82, 2.24) is 10.2 Å². The van der Waals surface area contributed by atoms with Crippen LogP contribution < -0.4 is 14.8 Å². The Labute approximate surface area is 166 Å². The molecule has 27 heavy (non-hydrogen) atoms. The lowest BCUT2D eigenvalue weighted by Crippen LogP contribution is -2.41. The molecular weight excluding hydrogens is 358 g/mol. The third-order valence-electron chi connectivity index (χ3n) is 5.14. The van der Waals surface area contributed by atoms with Crippen molar-refractivity contribution < 1.29 is 9.47 Å². The molecule has 1 fully saturated rings. The molecule has 1 aromatic heterocycles. The molecule has 2 atom stereocenters. The van der Waals surface area contributed by atoms with Gasteiger partial charge in [-0.1, -0.05) is 13.0 Å². The Balaban J connectivity index is 1.62. The van der Waals surface area contributed by atoms with E-state index in [9.17, 15) is 0 Å². The number of guanidine groups is 1. The van der Waals surface area contributed by atoms with Crippen LogP contribution in [0.5, 0.6) is 11.5 Å². The Kier molecular flexibility index (Phi) is 6.61. The van der Waals surface area contributed by atoms with Gasteiger partial charge in [-0.05, 0) is 35.6 Å². The summed E-state index contributed by atoms with van der Waals surface area (Å²) in [5, 5.41) is 5.68. The molecule has 1 aliphatic rings. The summed E-state index contributed by atoms with van der Waals surface area (Å²) in [6, 6.07) is 10.5. The Hall–Kier alpha value is -2.21. The molecule has 2 aromatic rings. The van der Waals surface area contributed by atoms with Gasteiger partial charge in [-0.25, -0.2) is 0 Å². The fraction of sp³-hybridized carbons (Fsp3) is 0.476. The van der Waals surface area contributed by atoms with Gasteiger partial charge in [0, 0.05) is 49.5 Å². The monoisotopic (exact) mass is 387 g/mol. The second kappa shape index (κ2) is 9.13. The highest BCUT2D eigenvalue weighted by atomic mass is 32.1. The zero-order chi connectivity index (χ0) is 19.2. The number of hydrogen-bond acceptors (Lipinski definition) is 4. The van der Waals surface area contributed by atoms with Crippen LogP contribution in [0.2, 0.25) is 0 Å². The number of methoxy groups -OCH3 is 2. The van der Waals surface area contributed by atoms with Gasteiger partial charge in [0.15, 0.2) is 5.96 Å². The maximum atomic E-state index is 5.42. The van der Waals surface area contributed by atoms with Crippen molar-refractivity contribution in [2.24, 2.45) is 4.99 Å². The van der Waals surface area contributed by atoms with Crippen LogP contribution in [0.3, 0.4) is 0 Å². The molecule has 1 N–H and O–H groups in total. The third kappa shape index (κ3) is 4.75. The van der Waals surface area contributed by atoms with E-state index in [0.29, 0.717) is 11.8 Å². The number of hydrogen-bond donors (Lipinski definition) is 1. The van der Waals surface area contributed by atoms with Gasteiger partial charge < -0.3 is 19.7 Å². The second-order valence-corrected chi connectivity index (χ2v) is 7.90. The van der Waals surface area contributed by atoms with Crippen molar-refractivity contribution in [3.63, 3.8) is 0 Å². The average Bonchev–Trinajstić information content (AvgIpc) is 3.40. The lowest BCUT2D eigenvalue weighted by molar-refractivity contribution is 0.392. The number of likely N-dealkylation sites (tertiary alicyclic amines) is 1. The smallest absolute Gasteiger partial charge is 0.193 e. The average molecular weight is 388 g/mol. The number of ether oxygens (including phenoxy) is 2. The van der Waals surface area contributed by atoms with Crippen LogP contribution in [-0.4, -0.2) is 51.8 Å². The first-order valence-corrected chi connectivity index (χ1v) is 10.2. The van der Waals surface area contributed by atoms with Gasteiger partial charge >= 0.3 is 0 Å². The van der Waals surface area contributed by atoms with E-state index in [4.69, 9.17) is 9.47 Å². The molecule has 2 unspecified atom stereocenters. The summed E-state index contributed by atoms with van der Waals surface area (Å²) in [4.78, 5) is 8.25. The minimum Gasteiger partial charge on any atom is -0.497 e. The normalized spacial score (nSPS) is 18.4. The van der Waals surface area contributed by atoms with Crippen LogP contribution in [0.4, 0.5) is 0 Å². The summed E-state index contributed by atoms with van der Waals surface area (Å²) in [7, 11) is 5.25. The first-order valence-electron chi connectivity index (χ1n) is 9.36. The molecule has 0 radical (unpaired) electrons. The zero-order valence-electron chi connectivity index (χ0n) is 16.6. The van der Waals surface area contributed by atoms with Crippen LogP contribution >= 0.6 is 11.3 Å². The molecule has 3 rings (SSSR count). The van der Waals surface area contributed by atoms with E-state index in [-0.39, 0.29) is 0 Å². The first kappa shape index (κ1) is 19.5. The Morgan fingerprint density at radius 3 is 2.63 bits per heavy atom. The van der Waals surface area contributed by atoms with Crippen LogP contribution in [-0.2, 0) is 0 Å². The van der Waals surface area contributed by atoms with E-state index in [1.165, 1.54) is 10.4 Å². The Morgan fingerprint density at radius 2 is 2.04 bits per heavy atom. The predicted octanol–water partition coefficient (Wildman–Crippen LogP) is 3.93. The highest BCUT2D eigenvalue weighted by Gasteiger charge is 2.27. The van der Waals surface area contributed by atoms with Crippen LogP contribution in [0.1, 0.15) is 35.6 Å². The summed E-state index contributed by atoms with van der Waals surface area (Å²) >= 11 is 1.81. The van der Waals surface area contributed by atoms with Crippen molar-refractivity contribution in [2.45, 2.75) is 25.2 Å². The van der Waals surface area contributed by atoms with E-state index < -0.39 is 0 Å². The molecule has 2 heterocycles. The van der Waals surface area contributed by atoms with Crippen molar-refractivity contribution in [3.8, 4) is 11.5 Å². The minimum atomic E-state index is 0.447. The Bertz CT molecular complexity index is 739. The number of rotatable bonds is 6. The molecule has 0 aliphatic carbocycles. The molecule has 5 nitrogen and oxygen atoms in total. The van der Waals surface area contributed by atoms with Crippen molar-refractivity contribution in [1.29, 1.82) is 0 Å². The van der Waals surface area contributed by atoms with Gasteiger partial charge in [0.25, 0.3) is 0 Å². The SMILES string of the molecule is CN=C(NCC(C)c1cccs1)N1CCC(c2cc(OC)cc(OC)c2)C1. The second-order valence-electron chi connectivity index (χ2n) is 6.92. The predicted molar refractivity (Wildman–Crippen MR) is 113 cm³/mol. The fourth-order valence-corrected chi connectivity index (χ4v) is 4.33. The van der Waals surface area contributed by atoms with Gasteiger partial charge in [-0.15, -0.1) is 11.3 Å². The number of nitrogens with one attached hydrogen (secondary N) is 1. The molecule has 1 aliphatic heterocycles. The van der Waals surface area contributed by atoms with Crippen molar-refractivity contribution in [2.75, 3.05) is 40.9 Å². The van der Waals surface area contributed by atoms with E-state index in [1.54, 1.807) is 14.2 Å². The maximum Gasteiger partial charge on any atom is 0.193 e. The molecule has 1 aromatic carbocycles. The minimum absolute atomic E-state index is 0.447. The van der Waals surface area contributed by atoms with Crippen molar-refractivity contribution in [3.05, 3.63) is 46.2 Å². The van der Waals surface area contributed by atoms with Gasteiger partial charge in [0.05, 0.1) is 14.2 Å². The molecule has 0 saturated carbocycles. The summed E-state index contributed by atoms with van der Waals surface area (Å²) in [6.07, 6.45) is 1.09. The Morgan fingerprint density at radius 1 is 1.30 bits per heavy atom. The van der Waals surface area contributed by atoms with Crippen molar-refractivity contribution >= 4 is 17.3 Å². The van der Waals surface area contributed by atoms with Gasteiger partial charge in [-0.2, -0.15) is 0 Å². The quantitative estimate of drug-likeness (QED) is 0.603. The molecule has 0 bridgehead atoms. The highest BCUT2D eigenvalue weighted by molar-refractivity contribution is 7.10. The van der Waals surface area contributed by atoms with E-state index >= 15 is 0 Å². The van der Waals surface area contributed by atoms with Gasteiger partial charge in [-0.3, -0.25) is 4.99 Å². The molecular formula is C21H29N3O2S. The van der Waals surface area contributed by atoms with Crippen LogP contribution in [0.25, 0.3) is 0 Å². The standard InChI is InChI=1S/C21H29N3O2S/c1-15(20-6-5-9-27-20)13-23-21(22-2)24-8-7-16(14-24)17-10-18(25-3)12-19(11-17)26-4/h5-6,9-12,15-16H,7-8,13-14H2,1-4H3,(H,22,23). The molecule has 146 valence electrons. The number of aliphatic imine (C=N–C) groups is 1. The molecule has 6 heteroatoms. The third-order valence-corrected chi connectivity index (χ3v) is 6.24.